The minimum Gasteiger partial charge on any atom is -0.444 e. The van der Waals surface area contributed by atoms with E-state index in [-0.39, 0.29) is 36.7 Å². The molecule has 0 radical (unpaired) electrons. The summed E-state index contributed by atoms with van der Waals surface area (Å²) < 4.78 is 5.18. The number of hydrogen-bond acceptors (Lipinski definition) is 4. The molecule has 0 aromatic carbocycles. The van der Waals surface area contributed by atoms with Gasteiger partial charge in [-0.05, 0) is 48.5 Å². The van der Waals surface area contributed by atoms with Crippen LogP contribution < -0.4 is 10.6 Å². The summed E-state index contributed by atoms with van der Waals surface area (Å²) in [5.74, 6) is -0.502. The number of ether oxygens (including phenoxy) is 1. The lowest BCUT2D eigenvalue weighted by Crippen LogP contribution is -2.53. The molecule has 0 aromatic heterocycles. The second-order valence-corrected chi connectivity index (χ2v) is 8.27. The number of alkyl carbamates (subject to hydrolysis) is 1. The zero-order chi connectivity index (χ0) is 18.7. The van der Waals surface area contributed by atoms with Crippen LogP contribution in [0.5, 0.6) is 0 Å². The molecule has 2 N–H and O–H groups in total. The molecule has 1 fully saturated rings. The maximum absolute atomic E-state index is 12.4. The van der Waals surface area contributed by atoms with Crippen molar-refractivity contribution in [2.24, 2.45) is 5.92 Å². The Labute approximate surface area is 144 Å². The molecular formula is C17H31N3O4. The Balaban J connectivity index is 2.50. The Kier molecular flexibility index (Phi) is 6.25. The monoisotopic (exact) mass is 341 g/mol. The Morgan fingerprint density at radius 2 is 1.83 bits per heavy atom. The van der Waals surface area contributed by atoms with E-state index < -0.39 is 17.2 Å². The first-order valence-corrected chi connectivity index (χ1v) is 8.39. The number of nitrogens with zero attached hydrogens (tertiary/aromatic N) is 1. The van der Waals surface area contributed by atoms with E-state index in [4.69, 9.17) is 4.74 Å². The normalized spacial score (nSPS) is 18.8. The maximum Gasteiger partial charge on any atom is 0.407 e. The zero-order valence-electron chi connectivity index (χ0n) is 15.9. The molecule has 1 heterocycles. The summed E-state index contributed by atoms with van der Waals surface area (Å²) >= 11 is 0. The average molecular weight is 341 g/mol. The summed E-state index contributed by atoms with van der Waals surface area (Å²) in [6, 6.07) is 0.0946. The Morgan fingerprint density at radius 1 is 1.25 bits per heavy atom. The van der Waals surface area contributed by atoms with E-state index in [9.17, 15) is 14.4 Å². The molecule has 3 amide bonds. The molecule has 1 aliphatic heterocycles. The van der Waals surface area contributed by atoms with Crippen LogP contribution in [0.4, 0.5) is 4.79 Å². The molecule has 0 spiro atoms. The van der Waals surface area contributed by atoms with Crippen molar-refractivity contribution in [3.05, 3.63) is 0 Å². The van der Waals surface area contributed by atoms with Crippen molar-refractivity contribution in [1.29, 1.82) is 0 Å². The second kappa shape index (κ2) is 7.40. The fourth-order valence-corrected chi connectivity index (χ4v) is 2.49. The van der Waals surface area contributed by atoms with E-state index in [0.717, 1.165) is 0 Å². The van der Waals surface area contributed by atoms with Crippen LogP contribution >= 0.6 is 0 Å². The third-order valence-electron chi connectivity index (χ3n) is 3.69. The van der Waals surface area contributed by atoms with Gasteiger partial charge in [-0.25, -0.2) is 4.79 Å². The molecule has 1 rings (SSSR count). The summed E-state index contributed by atoms with van der Waals surface area (Å²) in [5, 5.41) is 5.57. The maximum atomic E-state index is 12.4. The first-order chi connectivity index (χ1) is 10.8. The van der Waals surface area contributed by atoms with Crippen LogP contribution in [0.3, 0.4) is 0 Å². The van der Waals surface area contributed by atoms with Gasteiger partial charge in [-0.15, -0.1) is 0 Å². The lowest BCUT2D eigenvalue weighted by molar-refractivity contribution is -0.130. The fraction of sp³-hybridized carbons (Fsp3) is 0.824. The molecule has 0 saturated carbocycles. The Morgan fingerprint density at radius 3 is 2.29 bits per heavy atom. The topological polar surface area (TPSA) is 87.7 Å². The van der Waals surface area contributed by atoms with E-state index in [2.05, 4.69) is 10.6 Å². The number of carbonyl (C=O) groups is 3. The van der Waals surface area contributed by atoms with Gasteiger partial charge in [0.1, 0.15) is 5.60 Å². The van der Waals surface area contributed by atoms with Gasteiger partial charge in [0, 0.05) is 25.6 Å². The molecule has 0 unspecified atom stereocenters. The quantitative estimate of drug-likeness (QED) is 0.796. The van der Waals surface area contributed by atoms with Gasteiger partial charge in [-0.1, -0.05) is 0 Å². The largest absolute Gasteiger partial charge is 0.444 e. The molecule has 1 atom stereocenters. The number of carbonyl (C=O) groups excluding carboxylic acids is 3. The SMILES string of the molecule is CC(C)N1C[C@H](C(=O)NC(C)(C)CNC(=O)OC(C)(C)C)CC1=O. The molecule has 0 bridgehead atoms. The van der Waals surface area contributed by atoms with E-state index in [1.165, 1.54) is 0 Å². The van der Waals surface area contributed by atoms with E-state index in [1.54, 1.807) is 25.7 Å². The number of hydrogen-bond donors (Lipinski definition) is 2. The minimum atomic E-state index is -0.637. The highest BCUT2D eigenvalue weighted by molar-refractivity contribution is 5.89. The highest BCUT2D eigenvalue weighted by Crippen LogP contribution is 2.21. The van der Waals surface area contributed by atoms with Gasteiger partial charge < -0.3 is 20.3 Å². The fourth-order valence-electron chi connectivity index (χ4n) is 2.49. The second-order valence-electron chi connectivity index (χ2n) is 8.27. The third kappa shape index (κ3) is 6.37. The van der Waals surface area contributed by atoms with Gasteiger partial charge >= 0.3 is 6.09 Å². The smallest absolute Gasteiger partial charge is 0.407 e. The summed E-state index contributed by atoms with van der Waals surface area (Å²) in [5.41, 5.74) is -1.20. The molecule has 138 valence electrons. The van der Waals surface area contributed by atoms with Crippen LogP contribution in [-0.4, -0.2) is 53.1 Å². The van der Waals surface area contributed by atoms with Gasteiger partial charge in [0.15, 0.2) is 0 Å². The first-order valence-electron chi connectivity index (χ1n) is 8.39. The van der Waals surface area contributed by atoms with Crippen LogP contribution in [0.2, 0.25) is 0 Å². The average Bonchev–Trinajstić information content (AvgIpc) is 2.76. The molecule has 7 heteroatoms. The van der Waals surface area contributed by atoms with E-state index in [0.29, 0.717) is 6.54 Å². The van der Waals surface area contributed by atoms with Crippen molar-refractivity contribution in [3.63, 3.8) is 0 Å². The van der Waals surface area contributed by atoms with Gasteiger partial charge in [0.05, 0.1) is 11.5 Å². The van der Waals surface area contributed by atoms with Crippen LogP contribution in [0.15, 0.2) is 0 Å². The highest BCUT2D eigenvalue weighted by Gasteiger charge is 2.37. The molecule has 0 aromatic rings. The molecule has 1 saturated heterocycles. The standard InChI is InChI=1S/C17H31N3O4/c1-11(2)20-9-12(8-13(20)21)14(22)19-17(6,7)10-18-15(23)24-16(3,4)5/h11-12H,8-10H2,1-7H3,(H,18,23)(H,19,22)/t12-/m1/s1. The van der Waals surface area contributed by atoms with Crippen molar-refractivity contribution < 1.29 is 19.1 Å². The van der Waals surface area contributed by atoms with Gasteiger partial charge in [-0.3, -0.25) is 9.59 Å². The molecule has 1 aliphatic rings. The number of rotatable bonds is 5. The van der Waals surface area contributed by atoms with Crippen LogP contribution in [0, 0.1) is 5.92 Å². The van der Waals surface area contributed by atoms with Crippen molar-refractivity contribution >= 4 is 17.9 Å². The summed E-state index contributed by atoms with van der Waals surface area (Å²) in [4.78, 5) is 37.8. The molecule has 7 nitrogen and oxygen atoms in total. The van der Waals surface area contributed by atoms with Gasteiger partial charge in [0.2, 0.25) is 11.8 Å². The van der Waals surface area contributed by atoms with Gasteiger partial charge in [-0.2, -0.15) is 0 Å². The Bertz CT molecular complexity index is 495. The van der Waals surface area contributed by atoms with Crippen LogP contribution in [-0.2, 0) is 14.3 Å². The molecular weight excluding hydrogens is 310 g/mol. The molecule has 0 aliphatic carbocycles. The predicted molar refractivity (Wildman–Crippen MR) is 91.4 cm³/mol. The van der Waals surface area contributed by atoms with Crippen LogP contribution in [0.25, 0.3) is 0 Å². The van der Waals surface area contributed by atoms with Crippen molar-refractivity contribution in [1.82, 2.24) is 15.5 Å². The first kappa shape index (κ1) is 20.3. The highest BCUT2D eigenvalue weighted by atomic mass is 16.6. The summed E-state index contributed by atoms with van der Waals surface area (Å²) in [6.07, 6.45) is -0.286. The lowest BCUT2D eigenvalue weighted by atomic mass is 10.0. The number of amides is 3. The Hall–Kier alpha value is -1.79. The van der Waals surface area contributed by atoms with Crippen LogP contribution in [0.1, 0.15) is 54.9 Å². The minimum absolute atomic E-state index is 0.00911. The van der Waals surface area contributed by atoms with Crippen molar-refractivity contribution in [2.75, 3.05) is 13.1 Å². The third-order valence-corrected chi connectivity index (χ3v) is 3.69. The van der Waals surface area contributed by atoms with Crippen molar-refractivity contribution in [2.45, 2.75) is 72.1 Å². The zero-order valence-corrected chi connectivity index (χ0v) is 15.9. The number of nitrogens with one attached hydrogen (secondary N) is 2. The lowest BCUT2D eigenvalue weighted by Gasteiger charge is -2.29. The summed E-state index contributed by atoms with van der Waals surface area (Å²) in [6.45, 7) is 13.6. The molecule has 24 heavy (non-hydrogen) atoms. The predicted octanol–water partition coefficient (Wildman–Crippen LogP) is 1.66. The summed E-state index contributed by atoms with van der Waals surface area (Å²) in [7, 11) is 0. The van der Waals surface area contributed by atoms with Gasteiger partial charge in [0.25, 0.3) is 0 Å². The van der Waals surface area contributed by atoms with E-state index in [1.807, 2.05) is 27.7 Å². The van der Waals surface area contributed by atoms with E-state index >= 15 is 0 Å². The van der Waals surface area contributed by atoms with Crippen molar-refractivity contribution in [3.8, 4) is 0 Å². The number of likely N-dealkylation sites (tertiary alicyclic amines) is 1.